The van der Waals surface area contributed by atoms with Gasteiger partial charge in [-0.05, 0) is 13.3 Å². The van der Waals surface area contributed by atoms with Crippen molar-refractivity contribution < 1.29 is 9.59 Å². The van der Waals surface area contributed by atoms with E-state index in [2.05, 4.69) is 15.6 Å². The molecular weight excluding hydrogens is 511 g/mol. The highest BCUT2D eigenvalue weighted by molar-refractivity contribution is 7.09. The fourth-order valence-corrected chi connectivity index (χ4v) is 3.33. The van der Waals surface area contributed by atoms with Crippen LogP contribution in [0.15, 0.2) is 11.6 Å². The Bertz CT molecular complexity index is 648. The Kier molecular flexibility index (Phi) is 10.4. The van der Waals surface area contributed by atoms with Crippen LogP contribution in [-0.2, 0) is 9.59 Å². The van der Waals surface area contributed by atoms with Crippen LogP contribution in [0.1, 0.15) is 44.7 Å². The van der Waals surface area contributed by atoms with Gasteiger partial charge in [0.25, 0.3) is 0 Å². The van der Waals surface area contributed by atoms with Crippen molar-refractivity contribution in [1.29, 1.82) is 0 Å². The number of hydrogen-bond donors (Lipinski definition) is 2. The molecule has 0 aliphatic carbocycles. The Morgan fingerprint density at radius 1 is 1.04 bits per heavy atom. The summed E-state index contributed by atoms with van der Waals surface area (Å²) in [6.07, 6.45) is 1.68. The Morgan fingerprint density at radius 2 is 1.61 bits per heavy atom. The summed E-state index contributed by atoms with van der Waals surface area (Å²) in [6, 6.07) is -1.27. The highest BCUT2D eigenvalue weighted by atomic mass is 35.6. The molecule has 1 aromatic rings. The van der Waals surface area contributed by atoms with Gasteiger partial charge in [0.05, 0.1) is 6.04 Å². The van der Waals surface area contributed by atoms with Gasteiger partial charge >= 0.3 is 0 Å². The highest BCUT2D eigenvalue weighted by Gasteiger charge is 2.35. The van der Waals surface area contributed by atoms with Crippen LogP contribution >= 0.6 is 80.9 Å². The van der Waals surface area contributed by atoms with Gasteiger partial charge in [0.1, 0.15) is 11.0 Å². The van der Waals surface area contributed by atoms with Crippen molar-refractivity contribution in [1.82, 2.24) is 15.6 Å². The molecule has 160 valence electrons. The van der Waals surface area contributed by atoms with E-state index in [4.69, 9.17) is 69.6 Å². The van der Waals surface area contributed by atoms with Crippen LogP contribution in [-0.4, -0.2) is 30.4 Å². The third kappa shape index (κ3) is 8.99. The molecular formula is C16H21Cl6N3O2S. The van der Waals surface area contributed by atoms with Crippen molar-refractivity contribution in [2.45, 2.75) is 53.3 Å². The number of nitrogens with zero attached hydrogens (tertiary/aromatic N) is 1. The van der Waals surface area contributed by atoms with Crippen LogP contribution < -0.4 is 10.6 Å². The molecule has 0 fully saturated rings. The molecule has 2 amide bonds. The van der Waals surface area contributed by atoms with E-state index in [9.17, 15) is 9.59 Å². The lowest BCUT2D eigenvalue weighted by Crippen LogP contribution is -2.49. The van der Waals surface area contributed by atoms with Crippen molar-refractivity contribution >= 4 is 92.8 Å². The zero-order chi connectivity index (χ0) is 21.7. The van der Waals surface area contributed by atoms with Gasteiger partial charge in [-0.1, -0.05) is 83.5 Å². The lowest BCUT2D eigenvalue weighted by Gasteiger charge is -2.27. The second kappa shape index (κ2) is 11.1. The van der Waals surface area contributed by atoms with Gasteiger partial charge in [0.15, 0.2) is 7.59 Å². The molecule has 0 aliphatic heterocycles. The smallest absolute Gasteiger partial charge is 0.243 e. The molecule has 2 N–H and O–H groups in total. The molecule has 0 radical (unpaired) electrons. The highest BCUT2D eigenvalue weighted by Crippen LogP contribution is 2.38. The number of nitrogens with one attached hydrogen (secondary N) is 2. The van der Waals surface area contributed by atoms with Crippen LogP contribution in [0.4, 0.5) is 0 Å². The van der Waals surface area contributed by atoms with Crippen LogP contribution in [0.25, 0.3) is 0 Å². The Labute approximate surface area is 198 Å². The van der Waals surface area contributed by atoms with Gasteiger partial charge in [-0.3, -0.25) is 9.59 Å². The number of thiazole rings is 1. The Hall–Kier alpha value is 0.310. The van der Waals surface area contributed by atoms with Gasteiger partial charge in [-0.15, -0.1) is 11.3 Å². The normalized spacial score (nSPS) is 16.8. The first-order chi connectivity index (χ1) is 12.7. The summed E-state index contributed by atoms with van der Waals surface area (Å²) in [5.74, 6) is -1.92. The van der Waals surface area contributed by atoms with Crippen molar-refractivity contribution in [2.75, 3.05) is 0 Å². The number of aromatic nitrogens is 1. The fourth-order valence-electron chi connectivity index (χ4n) is 2.19. The number of halogens is 6. The molecule has 0 saturated heterocycles. The van der Waals surface area contributed by atoms with Gasteiger partial charge in [0, 0.05) is 29.8 Å². The number of amides is 2. The second-order valence-corrected chi connectivity index (χ2v) is 12.2. The molecule has 4 unspecified atom stereocenters. The monoisotopic (exact) mass is 529 g/mol. The average Bonchev–Trinajstić information content (AvgIpc) is 3.06. The number of alkyl halides is 6. The molecule has 0 aromatic carbocycles. The molecule has 0 aliphatic rings. The quantitative estimate of drug-likeness (QED) is 0.429. The standard InChI is InChI=1S/C16H21Cl6N3O2S/c1-8(15(17,18)19)6-11(25-12(26)7-9(2)16(20,21)22)13(27)24-10(3)14-23-4-5-28-14/h4-5,8-11H,6-7H2,1-3H3,(H,24,27)(H,25,26). The maximum atomic E-state index is 12.8. The summed E-state index contributed by atoms with van der Waals surface area (Å²) in [5.41, 5.74) is 0. The molecule has 1 aromatic heterocycles. The largest absolute Gasteiger partial charge is 0.345 e. The van der Waals surface area contributed by atoms with E-state index in [0.29, 0.717) is 0 Å². The van der Waals surface area contributed by atoms with Crippen molar-refractivity contribution in [3.63, 3.8) is 0 Å². The van der Waals surface area contributed by atoms with Crippen molar-refractivity contribution in [3.05, 3.63) is 16.6 Å². The minimum atomic E-state index is -1.60. The number of carbonyl (C=O) groups excluding carboxylic acids is 2. The number of carbonyl (C=O) groups is 2. The molecule has 1 rings (SSSR count). The zero-order valence-corrected chi connectivity index (χ0v) is 20.7. The lowest BCUT2D eigenvalue weighted by atomic mass is 10.0. The molecule has 28 heavy (non-hydrogen) atoms. The first kappa shape index (κ1) is 26.3. The van der Waals surface area contributed by atoms with E-state index in [0.717, 1.165) is 5.01 Å². The Balaban J connectivity index is 2.86. The summed E-state index contributed by atoms with van der Waals surface area (Å²) in [6.45, 7) is 5.09. The van der Waals surface area contributed by atoms with E-state index in [1.165, 1.54) is 11.3 Å². The third-order valence-corrected chi connectivity index (χ3v) is 7.22. The molecule has 0 bridgehead atoms. The van der Waals surface area contributed by atoms with Crippen LogP contribution in [0, 0.1) is 11.8 Å². The van der Waals surface area contributed by atoms with E-state index in [1.54, 1.807) is 32.3 Å². The predicted octanol–water partition coefficient (Wildman–Crippen LogP) is 5.60. The fraction of sp³-hybridized carbons (Fsp3) is 0.688. The maximum absolute atomic E-state index is 12.8. The van der Waals surface area contributed by atoms with Gasteiger partial charge in [0.2, 0.25) is 11.8 Å². The summed E-state index contributed by atoms with van der Waals surface area (Å²) in [7, 11) is 0. The van der Waals surface area contributed by atoms with E-state index < -0.39 is 37.3 Å². The van der Waals surface area contributed by atoms with Crippen LogP contribution in [0.3, 0.4) is 0 Å². The molecule has 0 spiro atoms. The number of hydrogen-bond acceptors (Lipinski definition) is 4. The van der Waals surface area contributed by atoms with Gasteiger partial charge in [-0.2, -0.15) is 0 Å². The zero-order valence-electron chi connectivity index (χ0n) is 15.3. The second-order valence-electron chi connectivity index (χ2n) is 6.55. The van der Waals surface area contributed by atoms with Gasteiger partial charge in [-0.25, -0.2) is 4.98 Å². The SMILES string of the molecule is CC(NC(=O)C(CC(C)C(Cl)(Cl)Cl)NC(=O)CC(C)C(Cl)(Cl)Cl)c1nccs1. The van der Waals surface area contributed by atoms with Crippen LogP contribution in [0.5, 0.6) is 0 Å². The van der Waals surface area contributed by atoms with Gasteiger partial charge < -0.3 is 10.6 Å². The summed E-state index contributed by atoms with van der Waals surface area (Å²) < 4.78 is -3.19. The molecule has 1 heterocycles. The minimum absolute atomic E-state index is 0.0789. The third-order valence-electron chi connectivity index (χ3n) is 4.03. The Morgan fingerprint density at radius 3 is 2.07 bits per heavy atom. The average molecular weight is 532 g/mol. The molecule has 4 atom stereocenters. The maximum Gasteiger partial charge on any atom is 0.243 e. The number of rotatable bonds is 8. The molecule has 5 nitrogen and oxygen atoms in total. The van der Waals surface area contributed by atoms with E-state index in [1.807, 2.05) is 0 Å². The lowest BCUT2D eigenvalue weighted by molar-refractivity contribution is -0.130. The topological polar surface area (TPSA) is 71.1 Å². The van der Waals surface area contributed by atoms with E-state index >= 15 is 0 Å². The predicted molar refractivity (Wildman–Crippen MR) is 119 cm³/mol. The molecule has 0 saturated carbocycles. The molecule has 12 heteroatoms. The first-order valence-corrected chi connectivity index (χ1v) is 11.5. The van der Waals surface area contributed by atoms with Crippen molar-refractivity contribution in [2.24, 2.45) is 11.8 Å². The summed E-state index contributed by atoms with van der Waals surface area (Å²) >= 11 is 36.6. The van der Waals surface area contributed by atoms with Crippen molar-refractivity contribution in [3.8, 4) is 0 Å². The summed E-state index contributed by atoms with van der Waals surface area (Å²) in [4.78, 5) is 29.3. The first-order valence-electron chi connectivity index (χ1n) is 8.34. The summed E-state index contributed by atoms with van der Waals surface area (Å²) in [5, 5.41) is 8.01. The van der Waals surface area contributed by atoms with E-state index in [-0.39, 0.29) is 18.9 Å². The van der Waals surface area contributed by atoms with Crippen LogP contribution in [0.2, 0.25) is 0 Å². The minimum Gasteiger partial charge on any atom is -0.345 e.